The van der Waals surface area contributed by atoms with Crippen molar-refractivity contribution in [2.75, 3.05) is 0 Å². The van der Waals surface area contributed by atoms with Crippen molar-refractivity contribution in [1.29, 1.82) is 0 Å². The lowest BCUT2D eigenvalue weighted by atomic mass is 10.2. The van der Waals surface area contributed by atoms with Crippen LogP contribution in [0.15, 0.2) is 23.6 Å². The summed E-state index contributed by atoms with van der Waals surface area (Å²) < 4.78 is 6.88. The second-order valence-corrected chi connectivity index (χ2v) is 3.62. The molecule has 0 saturated heterocycles. The van der Waals surface area contributed by atoms with Gasteiger partial charge >= 0.3 is 6.01 Å². The fraction of sp³-hybridized carbons (Fsp3) is 0.200. The molecule has 2 aromatic rings. The summed E-state index contributed by atoms with van der Waals surface area (Å²) >= 11 is 0. The largest absolute Gasteiger partial charge is 0.409 e. The first-order valence-electron chi connectivity index (χ1n) is 5.08. The standard InChI is InChI=1S/C10H12N6O2/c1-6-3-7(9(11)15-17)4-8(13-6)18-10-12-5-16(2)14-10/h3-5,17H,1-2H3,(H2,11,15). The minimum Gasteiger partial charge on any atom is -0.409 e. The molecule has 0 aromatic carbocycles. The minimum absolute atomic E-state index is 0.0145. The molecule has 2 aromatic heterocycles. The molecule has 2 heterocycles. The Morgan fingerprint density at radius 2 is 2.28 bits per heavy atom. The summed E-state index contributed by atoms with van der Waals surface area (Å²) in [5.41, 5.74) is 6.69. The minimum atomic E-state index is -0.0145. The highest BCUT2D eigenvalue weighted by Crippen LogP contribution is 2.17. The van der Waals surface area contributed by atoms with E-state index in [4.69, 9.17) is 15.7 Å². The van der Waals surface area contributed by atoms with Crippen LogP contribution < -0.4 is 10.5 Å². The van der Waals surface area contributed by atoms with E-state index in [2.05, 4.69) is 20.2 Å². The second-order valence-electron chi connectivity index (χ2n) is 3.62. The van der Waals surface area contributed by atoms with Crippen LogP contribution in [0.2, 0.25) is 0 Å². The Labute approximate surface area is 103 Å². The molecule has 0 saturated carbocycles. The molecule has 8 nitrogen and oxygen atoms in total. The van der Waals surface area contributed by atoms with Gasteiger partial charge in [-0.1, -0.05) is 5.16 Å². The normalized spacial score (nSPS) is 11.6. The molecule has 0 aliphatic carbocycles. The smallest absolute Gasteiger partial charge is 0.342 e. The average molecular weight is 248 g/mol. The first kappa shape index (κ1) is 11.8. The molecule has 0 bridgehead atoms. The number of hydrogen-bond acceptors (Lipinski definition) is 6. The molecule has 0 radical (unpaired) electrons. The molecule has 0 fully saturated rings. The molecule has 94 valence electrons. The molecule has 0 atom stereocenters. The SMILES string of the molecule is Cc1cc(/C(N)=N/O)cc(Oc2ncn(C)n2)n1. The van der Waals surface area contributed by atoms with Crippen LogP contribution in [0.3, 0.4) is 0 Å². The van der Waals surface area contributed by atoms with Crippen LogP contribution in [0.4, 0.5) is 0 Å². The fourth-order valence-corrected chi connectivity index (χ4v) is 1.36. The monoisotopic (exact) mass is 248 g/mol. The van der Waals surface area contributed by atoms with Gasteiger partial charge in [0, 0.05) is 24.4 Å². The van der Waals surface area contributed by atoms with Gasteiger partial charge in [0.25, 0.3) is 0 Å². The number of pyridine rings is 1. The van der Waals surface area contributed by atoms with E-state index in [-0.39, 0.29) is 17.7 Å². The Morgan fingerprint density at radius 1 is 1.50 bits per heavy atom. The summed E-state index contributed by atoms with van der Waals surface area (Å²) in [6.45, 7) is 1.77. The third-order valence-electron chi connectivity index (χ3n) is 2.11. The second kappa shape index (κ2) is 4.70. The molecule has 0 aliphatic heterocycles. The van der Waals surface area contributed by atoms with Crippen molar-refractivity contribution in [1.82, 2.24) is 19.7 Å². The molecule has 18 heavy (non-hydrogen) atoms. The highest BCUT2D eigenvalue weighted by Gasteiger charge is 2.08. The number of rotatable bonds is 3. The van der Waals surface area contributed by atoms with E-state index in [0.717, 1.165) is 0 Å². The Balaban J connectivity index is 2.31. The topological polar surface area (TPSA) is 111 Å². The van der Waals surface area contributed by atoms with E-state index in [1.165, 1.54) is 11.0 Å². The van der Waals surface area contributed by atoms with E-state index < -0.39 is 0 Å². The summed E-state index contributed by atoms with van der Waals surface area (Å²) in [4.78, 5) is 8.07. The number of aryl methyl sites for hydroxylation is 2. The van der Waals surface area contributed by atoms with Crippen molar-refractivity contribution < 1.29 is 9.94 Å². The lowest BCUT2D eigenvalue weighted by molar-refractivity contribution is 0.318. The van der Waals surface area contributed by atoms with E-state index in [1.54, 1.807) is 26.1 Å². The summed E-state index contributed by atoms with van der Waals surface area (Å²) in [7, 11) is 1.73. The van der Waals surface area contributed by atoms with Crippen LogP contribution in [0, 0.1) is 6.92 Å². The first-order chi connectivity index (χ1) is 8.58. The van der Waals surface area contributed by atoms with Crippen molar-refractivity contribution in [3.05, 3.63) is 29.7 Å². The predicted molar refractivity (Wildman–Crippen MR) is 62.6 cm³/mol. The van der Waals surface area contributed by atoms with Crippen LogP contribution in [0.25, 0.3) is 0 Å². The van der Waals surface area contributed by atoms with Crippen LogP contribution in [0.5, 0.6) is 11.9 Å². The molecule has 8 heteroatoms. The summed E-state index contributed by atoms with van der Waals surface area (Å²) in [5, 5.41) is 15.5. The Kier molecular flexibility index (Phi) is 3.09. The van der Waals surface area contributed by atoms with Gasteiger partial charge in [0.1, 0.15) is 6.33 Å². The van der Waals surface area contributed by atoms with Crippen molar-refractivity contribution >= 4 is 5.84 Å². The zero-order chi connectivity index (χ0) is 13.1. The summed E-state index contributed by atoms with van der Waals surface area (Å²) in [6, 6.07) is 3.40. The van der Waals surface area contributed by atoms with Crippen LogP contribution >= 0.6 is 0 Å². The Hall–Kier alpha value is -2.64. The van der Waals surface area contributed by atoms with E-state index in [9.17, 15) is 0 Å². The zero-order valence-corrected chi connectivity index (χ0v) is 9.90. The van der Waals surface area contributed by atoms with Gasteiger partial charge in [-0.25, -0.2) is 4.98 Å². The van der Waals surface area contributed by atoms with Gasteiger partial charge in [0.2, 0.25) is 5.88 Å². The third-order valence-corrected chi connectivity index (χ3v) is 2.11. The van der Waals surface area contributed by atoms with Gasteiger partial charge in [-0.15, -0.1) is 5.10 Å². The van der Waals surface area contributed by atoms with Crippen LogP contribution in [-0.2, 0) is 7.05 Å². The molecule has 0 aliphatic rings. The summed E-state index contributed by atoms with van der Waals surface area (Å²) in [6.07, 6.45) is 1.51. The lowest BCUT2D eigenvalue weighted by Gasteiger charge is -2.04. The molecule has 0 unspecified atom stereocenters. The number of amidine groups is 1. The lowest BCUT2D eigenvalue weighted by Crippen LogP contribution is -2.13. The maximum absolute atomic E-state index is 8.64. The third kappa shape index (κ3) is 2.54. The Bertz CT molecular complexity index is 592. The van der Waals surface area contributed by atoms with E-state index in [1.807, 2.05) is 0 Å². The van der Waals surface area contributed by atoms with Gasteiger partial charge < -0.3 is 15.7 Å². The molecular formula is C10H12N6O2. The van der Waals surface area contributed by atoms with Gasteiger partial charge in [0.05, 0.1) is 0 Å². The maximum Gasteiger partial charge on any atom is 0.342 e. The van der Waals surface area contributed by atoms with E-state index >= 15 is 0 Å². The average Bonchev–Trinajstić information content (AvgIpc) is 2.73. The number of nitrogens with zero attached hydrogens (tertiary/aromatic N) is 5. The first-order valence-corrected chi connectivity index (χ1v) is 5.08. The van der Waals surface area contributed by atoms with Crippen LogP contribution in [0.1, 0.15) is 11.3 Å². The highest BCUT2D eigenvalue weighted by atomic mass is 16.5. The molecular weight excluding hydrogens is 236 g/mol. The van der Waals surface area contributed by atoms with Gasteiger partial charge in [0.15, 0.2) is 5.84 Å². The van der Waals surface area contributed by atoms with Crippen molar-refractivity contribution in [2.24, 2.45) is 17.9 Å². The zero-order valence-electron chi connectivity index (χ0n) is 9.90. The number of aromatic nitrogens is 4. The van der Waals surface area contributed by atoms with Crippen molar-refractivity contribution in [3.63, 3.8) is 0 Å². The quantitative estimate of drug-likeness (QED) is 0.352. The van der Waals surface area contributed by atoms with Gasteiger partial charge in [-0.3, -0.25) is 4.68 Å². The molecule has 3 N–H and O–H groups in total. The van der Waals surface area contributed by atoms with Crippen molar-refractivity contribution in [2.45, 2.75) is 6.92 Å². The maximum atomic E-state index is 8.64. The van der Waals surface area contributed by atoms with Gasteiger partial charge in [-0.2, -0.15) is 4.98 Å². The van der Waals surface area contributed by atoms with Crippen molar-refractivity contribution in [3.8, 4) is 11.9 Å². The van der Waals surface area contributed by atoms with Gasteiger partial charge in [-0.05, 0) is 13.0 Å². The highest BCUT2D eigenvalue weighted by molar-refractivity contribution is 5.97. The number of nitrogens with two attached hydrogens (primary N) is 1. The van der Waals surface area contributed by atoms with Crippen LogP contribution in [-0.4, -0.2) is 30.8 Å². The van der Waals surface area contributed by atoms with E-state index in [0.29, 0.717) is 11.3 Å². The fourth-order valence-electron chi connectivity index (χ4n) is 1.36. The molecule has 2 rings (SSSR count). The Morgan fingerprint density at radius 3 is 2.89 bits per heavy atom. The number of ether oxygens (including phenoxy) is 1. The number of hydrogen-bond donors (Lipinski definition) is 2. The number of oxime groups is 1. The molecule has 0 amide bonds. The molecule has 0 spiro atoms. The summed E-state index contributed by atoms with van der Waals surface area (Å²) in [5.74, 6) is 0.266. The predicted octanol–water partition coefficient (Wildman–Crippen LogP) is 0.405.